The van der Waals surface area contributed by atoms with Crippen LogP contribution in [0.25, 0.3) is 6.08 Å². The van der Waals surface area contributed by atoms with Gasteiger partial charge in [-0.15, -0.1) is 11.3 Å². The minimum Gasteiger partial charge on any atom is -0.337 e. The maximum absolute atomic E-state index is 13.1. The van der Waals surface area contributed by atoms with Gasteiger partial charge in [-0.1, -0.05) is 23.2 Å². The summed E-state index contributed by atoms with van der Waals surface area (Å²) in [6, 6.07) is 7.79. The zero-order valence-electron chi connectivity index (χ0n) is 20.8. The summed E-state index contributed by atoms with van der Waals surface area (Å²) >= 11 is 12.9. The summed E-state index contributed by atoms with van der Waals surface area (Å²) in [5.74, 6) is -0.778. The Balaban J connectivity index is 1.33. The summed E-state index contributed by atoms with van der Waals surface area (Å²) in [4.78, 5) is 29.8. The highest BCUT2D eigenvalue weighted by Crippen LogP contribution is 2.23. The standard InChI is InChI=1S/C24H28Cl2N4O6S3/c25-17-5-8-20(9-6-17)39(35,36)27-15-18-3-1-13-30(18)23(31)16-29-12-2-4-21(24(29)32)28-38(33,34)14-11-19-7-10-22(26)37-19/h5-11,14,18,21,27-28H,1-4,12-13,15-16H2/b14-11+. The van der Waals surface area contributed by atoms with Gasteiger partial charge in [0.05, 0.1) is 15.8 Å². The van der Waals surface area contributed by atoms with Crippen molar-refractivity contribution in [3.63, 3.8) is 0 Å². The lowest BCUT2D eigenvalue weighted by molar-refractivity contribution is -0.143. The average Bonchev–Trinajstić information content (AvgIpc) is 3.53. The highest BCUT2D eigenvalue weighted by atomic mass is 35.5. The fourth-order valence-corrected chi connectivity index (χ4v) is 7.82. The zero-order chi connectivity index (χ0) is 28.2. The number of nitrogens with zero attached hydrogens (tertiary/aromatic N) is 2. The van der Waals surface area contributed by atoms with Gasteiger partial charge in [0.2, 0.25) is 31.9 Å². The number of carbonyl (C=O) groups excluding carboxylic acids is 2. The molecule has 2 saturated heterocycles. The maximum atomic E-state index is 13.1. The number of hydrogen-bond acceptors (Lipinski definition) is 7. The number of carbonyl (C=O) groups is 2. The van der Waals surface area contributed by atoms with E-state index in [0.717, 1.165) is 5.41 Å². The molecule has 2 aromatic rings. The van der Waals surface area contributed by atoms with Gasteiger partial charge in [-0.25, -0.2) is 21.6 Å². The smallest absolute Gasteiger partial charge is 0.242 e. The Morgan fingerprint density at radius 1 is 1.03 bits per heavy atom. The number of halogens is 2. The molecule has 212 valence electrons. The van der Waals surface area contributed by atoms with Crippen molar-refractivity contribution in [2.45, 2.75) is 42.7 Å². The lowest BCUT2D eigenvalue weighted by atomic mass is 10.1. The first kappa shape index (κ1) is 30.0. The molecule has 2 atom stereocenters. The molecule has 2 unspecified atom stereocenters. The second kappa shape index (κ2) is 12.7. The van der Waals surface area contributed by atoms with Crippen LogP contribution in [0, 0.1) is 0 Å². The molecule has 2 aliphatic heterocycles. The van der Waals surface area contributed by atoms with Gasteiger partial charge in [0.15, 0.2) is 0 Å². The summed E-state index contributed by atoms with van der Waals surface area (Å²) in [6.45, 7) is 0.603. The first-order valence-corrected chi connectivity index (χ1v) is 16.8. The Kier molecular flexibility index (Phi) is 9.74. The van der Waals surface area contributed by atoms with Crippen molar-refractivity contribution in [2.24, 2.45) is 0 Å². The predicted molar refractivity (Wildman–Crippen MR) is 151 cm³/mol. The van der Waals surface area contributed by atoms with Gasteiger partial charge in [0.25, 0.3) is 0 Å². The molecule has 10 nitrogen and oxygen atoms in total. The fraction of sp³-hybridized carbons (Fsp3) is 0.417. The van der Waals surface area contributed by atoms with E-state index in [2.05, 4.69) is 9.44 Å². The largest absolute Gasteiger partial charge is 0.337 e. The van der Waals surface area contributed by atoms with Crippen molar-refractivity contribution in [1.29, 1.82) is 0 Å². The molecule has 0 aliphatic carbocycles. The minimum atomic E-state index is -3.91. The summed E-state index contributed by atoms with van der Waals surface area (Å²) in [5, 5.41) is 1.41. The Morgan fingerprint density at radius 3 is 2.44 bits per heavy atom. The molecule has 1 aromatic heterocycles. The molecule has 2 amide bonds. The van der Waals surface area contributed by atoms with E-state index in [-0.39, 0.29) is 29.9 Å². The van der Waals surface area contributed by atoms with Gasteiger partial charge in [-0.2, -0.15) is 4.72 Å². The third-order valence-corrected chi connectivity index (χ3v) is 10.5. The topological polar surface area (TPSA) is 133 Å². The number of hydrogen-bond donors (Lipinski definition) is 2. The van der Waals surface area contributed by atoms with Crippen molar-refractivity contribution < 1.29 is 26.4 Å². The summed E-state index contributed by atoms with van der Waals surface area (Å²) in [7, 11) is -7.69. The van der Waals surface area contributed by atoms with E-state index in [9.17, 15) is 26.4 Å². The van der Waals surface area contributed by atoms with Crippen molar-refractivity contribution in [3.8, 4) is 0 Å². The molecule has 3 heterocycles. The molecule has 0 bridgehead atoms. The Labute approximate surface area is 242 Å². The molecule has 2 N–H and O–H groups in total. The molecule has 2 aliphatic rings. The van der Waals surface area contributed by atoms with Gasteiger partial charge in [0, 0.05) is 41.0 Å². The van der Waals surface area contributed by atoms with E-state index in [1.807, 2.05) is 0 Å². The van der Waals surface area contributed by atoms with Crippen molar-refractivity contribution in [1.82, 2.24) is 19.2 Å². The molecule has 1 aromatic carbocycles. The number of sulfonamides is 2. The Bertz CT molecular complexity index is 1440. The van der Waals surface area contributed by atoms with E-state index >= 15 is 0 Å². The van der Waals surface area contributed by atoms with Gasteiger partial charge in [0.1, 0.15) is 6.04 Å². The van der Waals surface area contributed by atoms with Gasteiger partial charge in [-0.3, -0.25) is 9.59 Å². The minimum absolute atomic E-state index is 0.0366. The third-order valence-electron chi connectivity index (χ3n) is 6.50. The number of rotatable bonds is 10. The van der Waals surface area contributed by atoms with E-state index in [0.29, 0.717) is 53.0 Å². The number of nitrogens with one attached hydrogen (secondary N) is 2. The van der Waals surface area contributed by atoms with Crippen LogP contribution in [0.5, 0.6) is 0 Å². The summed E-state index contributed by atoms with van der Waals surface area (Å²) in [6.07, 6.45) is 3.58. The molecule has 0 saturated carbocycles. The molecule has 4 rings (SSSR count). The number of thiophene rings is 1. The number of piperidine rings is 1. The van der Waals surface area contributed by atoms with Crippen LogP contribution in [0.3, 0.4) is 0 Å². The second-order valence-electron chi connectivity index (χ2n) is 9.25. The van der Waals surface area contributed by atoms with Gasteiger partial charge in [-0.05, 0) is 68.2 Å². The van der Waals surface area contributed by atoms with Crippen LogP contribution in [0.4, 0.5) is 0 Å². The van der Waals surface area contributed by atoms with E-state index in [4.69, 9.17) is 23.2 Å². The molecular formula is C24H28Cl2N4O6S3. The highest BCUT2D eigenvalue weighted by Gasteiger charge is 2.35. The SMILES string of the molecule is O=C1C(NS(=O)(=O)/C=C/c2ccc(Cl)s2)CCCN1CC(=O)N1CCCC1CNS(=O)(=O)c1ccc(Cl)cc1. The molecule has 2 fully saturated rings. The Hall–Kier alpha value is -2.00. The van der Waals surface area contributed by atoms with Crippen molar-refractivity contribution in [3.05, 3.63) is 56.0 Å². The summed E-state index contributed by atoms with van der Waals surface area (Å²) in [5.41, 5.74) is 0. The zero-order valence-corrected chi connectivity index (χ0v) is 24.7. The highest BCUT2D eigenvalue weighted by molar-refractivity contribution is 7.92. The molecule has 15 heteroatoms. The third kappa shape index (κ3) is 8.03. The van der Waals surface area contributed by atoms with E-state index in [1.165, 1.54) is 46.6 Å². The molecule has 0 spiro atoms. The first-order valence-electron chi connectivity index (χ1n) is 12.2. The van der Waals surface area contributed by atoms with E-state index < -0.39 is 32.0 Å². The monoisotopic (exact) mass is 634 g/mol. The maximum Gasteiger partial charge on any atom is 0.242 e. The van der Waals surface area contributed by atoms with Crippen molar-refractivity contribution in [2.75, 3.05) is 26.2 Å². The van der Waals surface area contributed by atoms with Crippen LogP contribution in [-0.2, 0) is 29.6 Å². The summed E-state index contributed by atoms with van der Waals surface area (Å²) < 4.78 is 55.9. The van der Waals surface area contributed by atoms with Crippen LogP contribution >= 0.6 is 34.5 Å². The van der Waals surface area contributed by atoms with Crippen molar-refractivity contribution >= 4 is 72.5 Å². The Morgan fingerprint density at radius 2 is 1.74 bits per heavy atom. The van der Waals surface area contributed by atoms with Crippen LogP contribution < -0.4 is 9.44 Å². The fourth-order valence-electron chi connectivity index (χ4n) is 4.55. The van der Waals surface area contributed by atoms with Gasteiger partial charge < -0.3 is 9.80 Å². The van der Waals surface area contributed by atoms with Crippen LogP contribution in [-0.4, -0.2) is 76.7 Å². The number of amides is 2. The molecular weight excluding hydrogens is 607 g/mol. The van der Waals surface area contributed by atoms with Gasteiger partial charge >= 0.3 is 0 Å². The normalized spacial score (nSPS) is 20.7. The van der Waals surface area contributed by atoms with Crippen LogP contribution in [0.1, 0.15) is 30.6 Å². The van der Waals surface area contributed by atoms with E-state index in [1.54, 1.807) is 17.0 Å². The molecule has 0 radical (unpaired) electrons. The lowest BCUT2D eigenvalue weighted by Gasteiger charge is -2.34. The van der Waals surface area contributed by atoms with Crippen LogP contribution in [0.15, 0.2) is 46.7 Å². The average molecular weight is 636 g/mol. The van der Waals surface area contributed by atoms with Crippen LogP contribution in [0.2, 0.25) is 9.36 Å². The number of likely N-dealkylation sites (tertiary alicyclic amines) is 2. The lowest BCUT2D eigenvalue weighted by Crippen LogP contribution is -2.55. The first-order chi connectivity index (χ1) is 18.4. The number of benzene rings is 1. The predicted octanol–water partition coefficient (Wildman–Crippen LogP) is 2.91. The quantitative estimate of drug-likeness (QED) is 0.413. The molecule has 39 heavy (non-hydrogen) atoms. The second-order valence-corrected chi connectivity index (χ2v) is 14.8.